The number of primary amides is 1. The molecule has 0 aliphatic rings. The number of para-hydroxylation sites is 1. The molecule has 4 atom stereocenters. The summed E-state index contributed by atoms with van der Waals surface area (Å²) in [6.45, 7) is 1.47. The number of nitrogens with two attached hydrogens (primary N) is 3. The number of carbonyl (C=O) groups excluding carboxylic acids is 5. The number of nitrogens with one attached hydrogen (secondary N) is 6. The summed E-state index contributed by atoms with van der Waals surface area (Å²) in [5.74, 6) is -3.21. The number of hydrogen-bond donors (Lipinski definition) is 9. The van der Waals surface area contributed by atoms with Gasteiger partial charge in [0.1, 0.15) is 24.2 Å². The molecule has 0 bridgehead atoms. The van der Waals surface area contributed by atoms with E-state index in [0.717, 1.165) is 22.0 Å². The predicted octanol–water partition coefficient (Wildman–Crippen LogP) is -0.193. The quantitative estimate of drug-likeness (QED) is 0.0359. The molecule has 0 unspecified atom stereocenters. The van der Waals surface area contributed by atoms with Crippen LogP contribution in [0.5, 0.6) is 0 Å². The summed E-state index contributed by atoms with van der Waals surface area (Å²) >= 11 is 0. The van der Waals surface area contributed by atoms with Crippen molar-refractivity contribution in [3.8, 4) is 0 Å². The molecular formula is C35H45N11O5. The van der Waals surface area contributed by atoms with E-state index in [1.807, 2.05) is 54.6 Å². The Hall–Kier alpha value is -6.19. The van der Waals surface area contributed by atoms with E-state index in [9.17, 15) is 24.0 Å². The highest BCUT2D eigenvalue weighted by atomic mass is 16.2. The third-order valence-corrected chi connectivity index (χ3v) is 8.21. The first kappa shape index (κ1) is 37.6. The second kappa shape index (κ2) is 18.5. The molecule has 2 aromatic heterocycles. The van der Waals surface area contributed by atoms with Crippen LogP contribution in [-0.4, -0.2) is 81.2 Å². The van der Waals surface area contributed by atoms with Crippen LogP contribution in [0.2, 0.25) is 0 Å². The Morgan fingerprint density at radius 2 is 1.41 bits per heavy atom. The number of imidazole rings is 1. The number of guanidine groups is 1. The summed E-state index contributed by atoms with van der Waals surface area (Å²) in [6, 6.07) is 12.5. The number of nitrogens with zero attached hydrogens (tertiary/aromatic N) is 2. The number of benzene rings is 2. The Labute approximate surface area is 294 Å². The maximum absolute atomic E-state index is 14.0. The van der Waals surface area contributed by atoms with Crippen LogP contribution in [-0.2, 0) is 43.2 Å². The molecule has 5 amide bonds. The number of carbonyl (C=O) groups is 5. The summed E-state index contributed by atoms with van der Waals surface area (Å²) in [6.07, 6.45) is 5.93. The number of aryl methyl sites for hydroxylation is 1. The number of rotatable bonds is 19. The van der Waals surface area contributed by atoms with Gasteiger partial charge in [-0.15, -0.1) is 0 Å². The van der Waals surface area contributed by atoms with Crippen LogP contribution in [0.1, 0.15) is 43.0 Å². The van der Waals surface area contributed by atoms with E-state index in [0.29, 0.717) is 18.5 Å². The molecule has 270 valence electrons. The predicted molar refractivity (Wildman–Crippen MR) is 192 cm³/mol. The smallest absolute Gasteiger partial charge is 0.243 e. The average Bonchev–Trinajstić information content (AvgIpc) is 3.77. The lowest BCUT2D eigenvalue weighted by Crippen LogP contribution is -2.58. The molecule has 51 heavy (non-hydrogen) atoms. The van der Waals surface area contributed by atoms with Gasteiger partial charge in [-0.1, -0.05) is 48.5 Å². The Morgan fingerprint density at radius 1 is 0.765 bits per heavy atom. The first-order valence-corrected chi connectivity index (χ1v) is 16.6. The number of H-pyrrole nitrogens is 2. The third kappa shape index (κ3) is 11.7. The standard InChI is InChI=1S/C35H45N11O5/c1-21(47)43-30(17-24-19-39-20-42-24)34(51)45-28(14-13-22-8-3-2-4-9-22)33(50)44-27(12-7-15-40-35(37)38)32(49)46-29(31(36)48)16-23-18-41-26-11-6-5-10-25(23)26/h2-6,8-11,18-20,27-30,41H,7,12-17H2,1H3,(H2,36,48)(H,39,42)(H,43,47)(H,44,50)(H,45,51)(H,46,49)(H4,37,38,40)/t27-,28-,29-,30-/m0/s1. The van der Waals surface area contributed by atoms with E-state index in [1.54, 1.807) is 6.20 Å². The zero-order chi connectivity index (χ0) is 36.8. The van der Waals surface area contributed by atoms with Crippen molar-refractivity contribution >= 4 is 46.4 Å². The SMILES string of the molecule is CC(=O)N[C@@H](Cc1cnc[nH]1)C(=O)N[C@@H](CCc1ccccc1)C(=O)N[C@@H](CCCN=C(N)N)C(=O)N[C@@H](Cc1c[nH]c2ccccc12)C(N)=O. The van der Waals surface area contributed by atoms with Crippen LogP contribution < -0.4 is 38.5 Å². The minimum Gasteiger partial charge on any atom is -0.370 e. The van der Waals surface area contributed by atoms with Gasteiger partial charge < -0.3 is 48.4 Å². The van der Waals surface area contributed by atoms with Gasteiger partial charge in [-0.25, -0.2) is 4.98 Å². The lowest BCUT2D eigenvalue weighted by atomic mass is 10.0. The summed E-state index contributed by atoms with van der Waals surface area (Å²) < 4.78 is 0. The number of hydrogen-bond acceptors (Lipinski definition) is 7. The van der Waals surface area contributed by atoms with Crippen LogP contribution in [0.25, 0.3) is 10.9 Å². The fraction of sp³-hybridized carbons (Fsp3) is 0.343. The fourth-order valence-corrected chi connectivity index (χ4v) is 5.63. The average molecular weight is 700 g/mol. The fourth-order valence-electron chi connectivity index (χ4n) is 5.63. The molecule has 2 heterocycles. The van der Waals surface area contributed by atoms with Crippen molar-refractivity contribution in [3.05, 3.63) is 90.1 Å². The molecule has 2 aromatic carbocycles. The molecular weight excluding hydrogens is 654 g/mol. The molecule has 12 N–H and O–H groups in total. The van der Waals surface area contributed by atoms with Crippen molar-refractivity contribution in [2.75, 3.05) is 6.54 Å². The molecule has 0 aliphatic heterocycles. The van der Waals surface area contributed by atoms with E-state index in [2.05, 4.69) is 41.2 Å². The number of aromatic nitrogens is 3. The van der Waals surface area contributed by atoms with Gasteiger partial charge in [0.05, 0.1) is 6.33 Å². The summed E-state index contributed by atoms with van der Waals surface area (Å²) in [7, 11) is 0. The van der Waals surface area contributed by atoms with E-state index in [-0.39, 0.29) is 38.2 Å². The van der Waals surface area contributed by atoms with Crippen LogP contribution in [0, 0.1) is 0 Å². The molecule has 0 saturated carbocycles. The lowest BCUT2D eigenvalue weighted by molar-refractivity contribution is -0.134. The normalized spacial score (nSPS) is 13.3. The van der Waals surface area contributed by atoms with E-state index in [4.69, 9.17) is 17.2 Å². The minimum absolute atomic E-state index is 0.0964. The van der Waals surface area contributed by atoms with Gasteiger partial charge in [0, 0.05) is 55.3 Å². The summed E-state index contributed by atoms with van der Waals surface area (Å²) in [4.78, 5) is 79.9. The van der Waals surface area contributed by atoms with Gasteiger partial charge in [0.15, 0.2) is 5.96 Å². The molecule has 4 aromatic rings. The lowest BCUT2D eigenvalue weighted by Gasteiger charge is -2.26. The highest BCUT2D eigenvalue weighted by Gasteiger charge is 2.31. The van der Waals surface area contributed by atoms with E-state index in [1.165, 1.54) is 19.4 Å². The molecule has 0 aliphatic carbocycles. The van der Waals surface area contributed by atoms with E-state index >= 15 is 0 Å². The Morgan fingerprint density at radius 3 is 2.06 bits per heavy atom. The zero-order valence-electron chi connectivity index (χ0n) is 28.4. The van der Waals surface area contributed by atoms with E-state index < -0.39 is 53.7 Å². The molecule has 4 rings (SSSR count). The van der Waals surface area contributed by atoms with Gasteiger partial charge in [-0.2, -0.15) is 0 Å². The van der Waals surface area contributed by atoms with Crippen LogP contribution in [0.3, 0.4) is 0 Å². The topological polar surface area (TPSA) is 268 Å². The molecule has 0 saturated heterocycles. The maximum atomic E-state index is 14.0. The van der Waals surface area contributed by atoms with Crippen molar-refractivity contribution in [1.82, 2.24) is 36.2 Å². The molecule has 16 nitrogen and oxygen atoms in total. The van der Waals surface area contributed by atoms with Gasteiger partial charge >= 0.3 is 0 Å². The molecule has 0 fully saturated rings. The van der Waals surface area contributed by atoms with Crippen molar-refractivity contribution in [1.29, 1.82) is 0 Å². The first-order valence-electron chi connectivity index (χ1n) is 16.6. The van der Waals surface area contributed by atoms with Crippen LogP contribution in [0.15, 0.2) is 78.3 Å². The van der Waals surface area contributed by atoms with Gasteiger partial charge in [0.25, 0.3) is 0 Å². The number of fused-ring (bicyclic) bond motifs is 1. The number of aromatic amines is 2. The summed E-state index contributed by atoms with van der Waals surface area (Å²) in [5.41, 5.74) is 19.8. The van der Waals surface area contributed by atoms with Crippen LogP contribution >= 0.6 is 0 Å². The maximum Gasteiger partial charge on any atom is 0.243 e. The Bertz CT molecular complexity index is 1800. The monoisotopic (exact) mass is 699 g/mol. The Balaban J connectivity index is 1.54. The van der Waals surface area contributed by atoms with Crippen molar-refractivity contribution in [3.63, 3.8) is 0 Å². The summed E-state index contributed by atoms with van der Waals surface area (Å²) in [5, 5.41) is 11.7. The second-order valence-electron chi connectivity index (χ2n) is 12.2. The number of amides is 5. The minimum atomic E-state index is -1.15. The highest BCUT2D eigenvalue weighted by molar-refractivity contribution is 5.95. The molecule has 16 heteroatoms. The molecule has 0 radical (unpaired) electrons. The van der Waals surface area contributed by atoms with Gasteiger partial charge in [0.2, 0.25) is 29.5 Å². The van der Waals surface area contributed by atoms with Crippen molar-refractivity contribution in [2.45, 2.75) is 69.6 Å². The molecule has 0 spiro atoms. The van der Waals surface area contributed by atoms with Crippen LogP contribution in [0.4, 0.5) is 0 Å². The Kier molecular flexibility index (Phi) is 13.7. The van der Waals surface area contributed by atoms with Crippen molar-refractivity contribution in [2.24, 2.45) is 22.2 Å². The van der Waals surface area contributed by atoms with Gasteiger partial charge in [-0.05, 0) is 42.9 Å². The number of aliphatic imine (C=N–C) groups is 1. The second-order valence-corrected chi connectivity index (χ2v) is 12.2. The van der Waals surface area contributed by atoms with Crippen molar-refractivity contribution < 1.29 is 24.0 Å². The first-order chi connectivity index (χ1) is 24.5. The highest BCUT2D eigenvalue weighted by Crippen LogP contribution is 2.19. The third-order valence-electron chi connectivity index (χ3n) is 8.21. The van der Waals surface area contributed by atoms with Gasteiger partial charge in [-0.3, -0.25) is 29.0 Å². The zero-order valence-corrected chi connectivity index (χ0v) is 28.4. The largest absolute Gasteiger partial charge is 0.370 e.